The third-order valence-electron chi connectivity index (χ3n) is 5.80. The van der Waals surface area contributed by atoms with Gasteiger partial charge in [-0.3, -0.25) is 9.59 Å². The minimum Gasteiger partial charge on any atom is -0.496 e. The Morgan fingerprint density at radius 3 is 2.26 bits per heavy atom. The van der Waals surface area contributed by atoms with E-state index in [2.05, 4.69) is 4.98 Å². The number of aromatic amines is 1. The zero-order valence-corrected chi connectivity index (χ0v) is 24.4. The van der Waals surface area contributed by atoms with Crippen LogP contribution in [0, 0.1) is 0 Å². The number of ether oxygens (including phenoxy) is 2. The van der Waals surface area contributed by atoms with Crippen LogP contribution in [0.15, 0.2) is 77.7 Å². The van der Waals surface area contributed by atoms with Gasteiger partial charge in [0.1, 0.15) is 11.5 Å². The topological polar surface area (TPSA) is 115 Å². The summed E-state index contributed by atoms with van der Waals surface area (Å²) in [5, 5.41) is 1.06. The van der Waals surface area contributed by atoms with Gasteiger partial charge < -0.3 is 14.5 Å². The van der Waals surface area contributed by atoms with E-state index in [1.54, 1.807) is 26.2 Å². The summed E-state index contributed by atoms with van der Waals surface area (Å²) in [4.78, 5) is 27.6. The van der Waals surface area contributed by atoms with Crippen LogP contribution in [-0.4, -0.2) is 68.9 Å². The van der Waals surface area contributed by atoms with Crippen LogP contribution in [0.2, 0.25) is 0 Å². The van der Waals surface area contributed by atoms with Crippen molar-refractivity contribution in [2.24, 2.45) is 0 Å². The predicted molar refractivity (Wildman–Crippen MR) is 148 cm³/mol. The smallest absolute Gasteiger partial charge is 0.264 e. The number of nitrogens with one attached hydrogen (secondary N) is 2. The fraction of sp³-hybridized carbons (Fsp3) is 0.143. The molecule has 0 aliphatic rings. The number of hydrogen-bond acceptors (Lipinski definition) is 6. The number of para-hydroxylation sites is 1. The molecule has 8 nitrogen and oxygen atoms in total. The van der Waals surface area contributed by atoms with Crippen LogP contribution < -0.4 is 14.2 Å². The van der Waals surface area contributed by atoms with E-state index >= 15 is 0 Å². The van der Waals surface area contributed by atoms with Crippen LogP contribution in [-0.2, 0) is 14.8 Å². The third-order valence-corrected chi connectivity index (χ3v) is 7.19. The number of carbonyl (C=O) groups excluding carboxylic acids is 2. The normalized spacial score (nSPS) is 11.2. The Bertz CT molecular complexity index is 1580. The molecule has 0 aliphatic heterocycles. The van der Waals surface area contributed by atoms with Crippen LogP contribution in [0.25, 0.3) is 28.2 Å². The number of H-pyrrole nitrogens is 1. The van der Waals surface area contributed by atoms with Crippen molar-refractivity contribution in [3.05, 3.63) is 83.9 Å². The number of fused-ring (bicyclic) bond motifs is 1. The molecule has 1 heterocycles. The van der Waals surface area contributed by atoms with Crippen molar-refractivity contribution in [2.75, 3.05) is 14.2 Å². The van der Waals surface area contributed by atoms with Gasteiger partial charge in [0.2, 0.25) is 5.91 Å². The zero-order chi connectivity index (χ0) is 26.6. The van der Waals surface area contributed by atoms with Gasteiger partial charge in [-0.05, 0) is 54.6 Å². The molecule has 4 rings (SSSR count). The second kappa shape index (κ2) is 12.4. The summed E-state index contributed by atoms with van der Waals surface area (Å²) >= 11 is 0. The second-order valence-corrected chi connectivity index (χ2v) is 9.85. The number of sulfonamides is 1. The summed E-state index contributed by atoms with van der Waals surface area (Å²) in [6, 6.07) is 19.0. The first kappa shape index (κ1) is 29.2. The van der Waals surface area contributed by atoms with Gasteiger partial charge in [-0.15, -0.1) is 0 Å². The molecule has 0 saturated carbocycles. The van der Waals surface area contributed by atoms with Crippen molar-refractivity contribution < 1.29 is 27.5 Å². The number of aromatic nitrogens is 1. The molecule has 0 saturated heterocycles. The van der Waals surface area contributed by atoms with Crippen LogP contribution in [0.4, 0.5) is 0 Å². The Labute approximate surface area is 243 Å². The molecule has 10 heteroatoms. The van der Waals surface area contributed by atoms with Crippen molar-refractivity contribution >= 4 is 68.2 Å². The molecule has 0 aliphatic carbocycles. The van der Waals surface area contributed by atoms with Gasteiger partial charge in [0, 0.05) is 69.6 Å². The van der Waals surface area contributed by atoms with E-state index in [-0.39, 0.29) is 46.7 Å². The number of hydrogen-bond donors (Lipinski definition) is 2. The van der Waals surface area contributed by atoms with E-state index in [1.165, 1.54) is 37.5 Å². The fourth-order valence-electron chi connectivity index (χ4n) is 3.82. The molecule has 1 radical (unpaired) electrons. The molecule has 1 amide bonds. The van der Waals surface area contributed by atoms with Crippen LogP contribution >= 0.6 is 0 Å². The summed E-state index contributed by atoms with van der Waals surface area (Å²) in [5.74, 6) is 0.197. The largest absolute Gasteiger partial charge is 0.496 e. The molecule has 0 unspecified atom stereocenters. The third kappa shape index (κ3) is 6.36. The van der Waals surface area contributed by atoms with E-state index in [0.717, 1.165) is 22.2 Å². The van der Waals surface area contributed by atoms with Gasteiger partial charge in [-0.1, -0.05) is 25.1 Å². The minimum atomic E-state index is -3.99. The van der Waals surface area contributed by atoms with Gasteiger partial charge >= 0.3 is 0 Å². The standard InChI is InChI=1S/C28H26N2O6S.Na/c1-4-28(32)30-37(33,34)21-12-9-18(10-13-21)25(31)14-11-20-15-22(27(36-3)17-26(20)35-2)24-16-19-7-5-6-8-23(19)29-24;/h5-17,29H,4H2,1-3H3,(H,30,32);/b14-11+;. The molecular formula is C28H26N2NaO6S. The van der Waals surface area contributed by atoms with E-state index in [9.17, 15) is 18.0 Å². The molecule has 1 aromatic heterocycles. The number of benzene rings is 3. The van der Waals surface area contributed by atoms with Gasteiger partial charge in [-0.25, -0.2) is 13.1 Å². The monoisotopic (exact) mass is 541 g/mol. The second-order valence-electron chi connectivity index (χ2n) is 8.17. The first-order chi connectivity index (χ1) is 17.7. The van der Waals surface area contributed by atoms with Crippen LogP contribution in [0.5, 0.6) is 11.5 Å². The van der Waals surface area contributed by atoms with Crippen LogP contribution in [0.3, 0.4) is 0 Å². The zero-order valence-electron chi connectivity index (χ0n) is 21.6. The average Bonchev–Trinajstić information content (AvgIpc) is 3.35. The molecular weight excluding hydrogens is 515 g/mol. The van der Waals surface area contributed by atoms with Gasteiger partial charge in [0.05, 0.1) is 24.8 Å². The van der Waals surface area contributed by atoms with Crippen molar-refractivity contribution in [1.29, 1.82) is 0 Å². The number of carbonyl (C=O) groups is 2. The average molecular weight is 542 g/mol. The first-order valence-corrected chi connectivity index (χ1v) is 13.0. The Morgan fingerprint density at radius 1 is 0.947 bits per heavy atom. The summed E-state index contributed by atoms with van der Waals surface area (Å²) in [5.41, 5.74) is 3.60. The number of rotatable bonds is 9. The van der Waals surface area contributed by atoms with Crippen molar-refractivity contribution in [3.8, 4) is 22.8 Å². The Kier molecular flexibility index (Phi) is 9.56. The van der Waals surface area contributed by atoms with Crippen molar-refractivity contribution in [2.45, 2.75) is 18.2 Å². The predicted octanol–water partition coefficient (Wildman–Crippen LogP) is 4.58. The number of amides is 1. The Balaban J connectivity index is 0.00000400. The summed E-state index contributed by atoms with van der Waals surface area (Å²) in [6.07, 6.45) is 3.07. The molecule has 38 heavy (non-hydrogen) atoms. The molecule has 4 aromatic rings. The summed E-state index contributed by atoms with van der Waals surface area (Å²) < 4.78 is 37.6. The van der Waals surface area contributed by atoms with Gasteiger partial charge in [0.15, 0.2) is 5.78 Å². The Morgan fingerprint density at radius 2 is 1.63 bits per heavy atom. The number of methoxy groups -OCH3 is 2. The van der Waals surface area contributed by atoms with Gasteiger partial charge in [-0.2, -0.15) is 0 Å². The maximum absolute atomic E-state index is 12.8. The molecule has 0 bridgehead atoms. The molecule has 3 aromatic carbocycles. The number of allylic oxidation sites excluding steroid dienone is 1. The molecule has 0 fully saturated rings. The quantitative estimate of drug-likeness (QED) is 0.182. The van der Waals surface area contributed by atoms with Crippen LogP contribution in [0.1, 0.15) is 29.3 Å². The van der Waals surface area contributed by atoms with E-state index in [4.69, 9.17) is 9.47 Å². The Hall–Kier alpha value is -3.37. The van der Waals surface area contributed by atoms with E-state index < -0.39 is 15.9 Å². The van der Waals surface area contributed by atoms with E-state index in [0.29, 0.717) is 22.6 Å². The maximum atomic E-state index is 12.8. The van der Waals surface area contributed by atoms with Crippen molar-refractivity contribution in [3.63, 3.8) is 0 Å². The maximum Gasteiger partial charge on any atom is 0.264 e. The SMILES string of the molecule is CCC(=O)NS(=O)(=O)c1ccc(C(=O)/C=C/c2cc(-c3cc4ccccc4[nH]3)c(OC)cc2OC)cc1.[Na]. The molecule has 0 spiro atoms. The minimum absolute atomic E-state index is 0. The van der Waals surface area contributed by atoms with Gasteiger partial charge in [0.25, 0.3) is 10.0 Å². The summed E-state index contributed by atoms with van der Waals surface area (Å²) in [7, 11) is -0.871. The van der Waals surface area contributed by atoms with E-state index in [1.807, 2.05) is 41.1 Å². The molecule has 191 valence electrons. The first-order valence-electron chi connectivity index (χ1n) is 11.5. The fourth-order valence-corrected chi connectivity index (χ4v) is 4.88. The molecule has 0 atom stereocenters. The molecule has 2 N–H and O–H groups in total. The van der Waals surface area contributed by atoms with Crippen molar-refractivity contribution in [1.82, 2.24) is 9.71 Å². The number of ketones is 1. The summed E-state index contributed by atoms with van der Waals surface area (Å²) in [6.45, 7) is 1.56.